The highest BCUT2D eigenvalue weighted by molar-refractivity contribution is 6.42. The van der Waals surface area contributed by atoms with E-state index in [0.717, 1.165) is 11.3 Å². The highest BCUT2D eigenvalue weighted by Crippen LogP contribution is 2.27. The monoisotopic (exact) mass is 456 g/mol. The van der Waals surface area contributed by atoms with Crippen LogP contribution in [0.4, 0.5) is 13.2 Å². The van der Waals surface area contributed by atoms with Gasteiger partial charge >= 0.3 is 6.18 Å². The fourth-order valence-corrected chi connectivity index (χ4v) is 3.88. The van der Waals surface area contributed by atoms with Crippen LogP contribution in [0.1, 0.15) is 28.3 Å². The lowest BCUT2D eigenvalue weighted by Gasteiger charge is -2.28. The van der Waals surface area contributed by atoms with Gasteiger partial charge in [-0.05, 0) is 29.8 Å². The Morgan fingerprint density at radius 3 is 2.67 bits per heavy atom. The topological polar surface area (TPSA) is 53.9 Å². The lowest BCUT2D eigenvalue weighted by atomic mass is 10.1. The predicted octanol–water partition coefficient (Wildman–Crippen LogP) is 4.50. The van der Waals surface area contributed by atoms with Crippen molar-refractivity contribution in [2.45, 2.75) is 32.2 Å². The zero-order chi connectivity index (χ0) is 21.5. The fourth-order valence-electron chi connectivity index (χ4n) is 3.56. The molecule has 0 aliphatic carbocycles. The van der Waals surface area contributed by atoms with E-state index < -0.39 is 17.6 Å². The van der Waals surface area contributed by atoms with Gasteiger partial charge in [0.25, 0.3) is 5.56 Å². The molecule has 0 saturated carbocycles. The van der Waals surface area contributed by atoms with Crippen molar-refractivity contribution in [2.75, 3.05) is 6.54 Å². The summed E-state index contributed by atoms with van der Waals surface area (Å²) in [7, 11) is 0. The van der Waals surface area contributed by atoms with Gasteiger partial charge in [-0.3, -0.25) is 9.69 Å². The van der Waals surface area contributed by atoms with E-state index in [1.165, 1.54) is 0 Å². The third-order valence-corrected chi connectivity index (χ3v) is 5.80. The van der Waals surface area contributed by atoms with Gasteiger partial charge in [0.2, 0.25) is 5.82 Å². The number of aromatic amines is 1. The average molecular weight is 457 g/mol. The van der Waals surface area contributed by atoms with E-state index in [1.807, 2.05) is 40.3 Å². The smallest absolute Gasteiger partial charge is 0.346 e. The molecule has 4 rings (SSSR count). The summed E-state index contributed by atoms with van der Waals surface area (Å²) in [5.74, 6) is -1.24. The number of fused-ring (bicyclic) bond motifs is 1. The van der Waals surface area contributed by atoms with Crippen LogP contribution in [0.5, 0.6) is 0 Å². The quantitative estimate of drug-likeness (QED) is 0.628. The lowest BCUT2D eigenvalue weighted by molar-refractivity contribution is -0.145. The number of hydrogen-bond donors (Lipinski definition) is 1. The molecule has 0 bridgehead atoms. The van der Waals surface area contributed by atoms with Crippen LogP contribution in [0.25, 0.3) is 0 Å². The third kappa shape index (κ3) is 4.40. The Hall–Kier alpha value is -2.29. The second kappa shape index (κ2) is 8.09. The van der Waals surface area contributed by atoms with Crippen molar-refractivity contribution >= 4 is 23.2 Å². The van der Waals surface area contributed by atoms with Crippen LogP contribution in [0.2, 0.25) is 10.0 Å². The number of nitrogens with one attached hydrogen (secondary N) is 1. The Morgan fingerprint density at radius 2 is 1.93 bits per heavy atom. The van der Waals surface area contributed by atoms with Gasteiger partial charge in [-0.1, -0.05) is 29.3 Å². The molecule has 1 N–H and O–H groups in total. The minimum Gasteiger partial charge on any atom is -0.346 e. The zero-order valence-corrected chi connectivity index (χ0v) is 17.2. The first-order chi connectivity index (χ1) is 14.2. The summed E-state index contributed by atoms with van der Waals surface area (Å²) in [6.07, 6.45) is -2.44. The molecule has 5 nitrogen and oxygen atoms in total. The van der Waals surface area contributed by atoms with Gasteiger partial charge in [0, 0.05) is 44.5 Å². The molecule has 0 radical (unpaired) electrons. The summed E-state index contributed by atoms with van der Waals surface area (Å²) in [6, 6.07) is 9.36. The molecule has 2 aromatic heterocycles. The number of alkyl halides is 3. The standard InChI is InChI=1S/C20H17Cl2F3N4O/c21-15-4-3-12(8-16(15)22)9-29-6-1-2-13(29)10-28-7-5-17-14(11-28)18(30)27-19(26-17)20(23,24)25/h1-4,6,8H,5,7,9-11H2,(H,26,27,30). The van der Waals surface area contributed by atoms with Crippen molar-refractivity contribution in [3.05, 3.63) is 85.3 Å². The van der Waals surface area contributed by atoms with E-state index in [0.29, 0.717) is 29.7 Å². The summed E-state index contributed by atoms with van der Waals surface area (Å²) in [6.45, 7) is 1.90. The summed E-state index contributed by atoms with van der Waals surface area (Å²) in [4.78, 5) is 19.7. The van der Waals surface area contributed by atoms with Crippen LogP contribution in [0, 0.1) is 0 Å². The predicted molar refractivity (Wildman–Crippen MR) is 108 cm³/mol. The summed E-state index contributed by atoms with van der Waals surface area (Å²) in [5.41, 5.74) is 1.78. The maximum Gasteiger partial charge on any atom is 0.449 e. The minimum atomic E-state index is -4.67. The van der Waals surface area contributed by atoms with Crippen molar-refractivity contribution in [1.82, 2.24) is 19.4 Å². The maximum absolute atomic E-state index is 12.9. The van der Waals surface area contributed by atoms with Gasteiger partial charge in [0.05, 0.1) is 21.3 Å². The molecule has 3 aromatic rings. The molecule has 1 aromatic carbocycles. The van der Waals surface area contributed by atoms with Crippen molar-refractivity contribution in [2.24, 2.45) is 0 Å². The van der Waals surface area contributed by atoms with E-state index in [9.17, 15) is 18.0 Å². The van der Waals surface area contributed by atoms with Gasteiger partial charge in [0.1, 0.15) is 0 Å². The summed E-state index contributed by atoms with van der Waals surface area (Å²) >= 11 is 12.1. The molecule has 0 atom stereocenters. The molecule has 158 valence electrons. The molecule has 0 unspecified atom stereocenters. The number of hydrogen-bond acceptors (Lipinski definition) is 3. The number of aromatic nitrogens is 3. The molecular formula is C20H17Cl2F3N4O. The molecule has 30 heavy (non-hydrogen) atoms. The van der Waals surface area contributed by atoms with Crippen LogP contribution >= 0.6 is 23.2 Å². The zero-order valence-electron chi connectivity index (χ0n) is 15.6. The van der Waals surface area contributed by atoms with Crippen LogP contribution in [0.15, 0.2) is 41.3 Å². The van der Waals surface area contributed by atoms with E-state index in [1.54, 1.807) is 6.07 Å². The Labute approximate surface area is 180 Å². The van der Waals surface area contributed by atoms with E-state index in [-0.39, 0.29) is 24.2 Å². The Kier molecular flexibility index (Phi) is 5.65. The van der Waals surface area contributed by atoms with Crippen molar-refractivity contribution < 1.29 is 13.2 Å². The van der Waals surface area contributed by atoms with E-state index >= 15 is 0 Å². The van der Waals surface area contributed by atoms with Crippen LogP contribution < -0.4 is 5.56 Å². The van der Waals surface area contributed by atoms with Gasteiger partial charge in [0.15, 0.2) is 0 Å². The minimum absolute atomic E-state index is 0.216. The fraction of sp³-hybridized carbons (Fsp3) is 0.300. The summed E-state index contributed by atoms with van der Waals surface area (Å²) in [5, 5.41) is 0.980. The Morgan fingerprint density at radius 1 is 1.13 bits per heavy atom. The number of benzene rings is 1. The first kappa shape index (κ1) is 21.0. The SMILES string of the molecule is O=c1[nH]c(C(F)(F)F)nc2c1CN(Cc1cccn1Cc1ccc(Cl)c(Cl)c1)CC2. The number of nitrogens with zero attached hydrogens (tertiary/aromatic N) is 3. The van der Waals surface area contributed by atoms with Crippen molar-refractivity contribution in [3.8, 4) is 0 Å². The van der Waals surface area contributed by atoms with Gasteiger partial charge < -0.3 is 9.55 Å². The second-order valence-corrected chi connectivity index (χ2v) is 7.99. The molecular weight excluding hydrogens is 440 g/mol. The Balaban J connectivity index is 1.50. The van der Waals surface area contributed by atoms with E-state index in [2.05, 4.69) is 9.55 Å². The highest BCUT2D eigenvalue weighted by atomic mass is 35.5. The van der Waals surface area contributed by atoms with Crippen LogP contribution in [-0.4, -0.2) is 26.0 Å². The van der Waals surface area contributed by atoms with Crippen molar-refractivity contribution in [1.29, 1.82) is 0 Å². The molecule has 0 spiro atoms. The highest BCUT2D eigenvalue weighted by Gasteiger charge is 2.36. The molecule has 10 heteroatoms. The second-order valence-electron chi connectivity index (χ2n) is 7.17. The molecule has 0 saturated heterocycles. The third-order valence-electron chi connectivity index (χ3n) is 5.06. The molecule has 0 fully saturated rings. The van der Waals surface area contributed by atoms with Crippen LogP contribution in [0.3, 0.4) is 0 Å². The van der Waals surface area contributed by atoms with Gasteiger partial charge in [-0.25, -0.2) is 4.98 Å². The largest absolute Gasteiger partial charge is 0.449 e. The van der Waals surface area contributed by atoms with Gasteiger partial charge in [-0.2, -0.15) is 13.2 Å². The number of halogens is 5. The van der Waals surface area contributed by atoms with E-state index in [4.69, 9.17) is 23.2 Å². The van der Waals surface area contributed by atoms with Crippen LogP contribution in [-0.2, 0) is 32.2 Å². The first-order valence-electron chi connectivity index (χ1n) is 9.20. The average Bonchev–Trinajstić information content (AvgIpc) is 3.11. The molecule has 3 heterocycles. The van der Waals surface area contributed by atoms with Crippen molar-refractivity contribution in [3.63, 3.8) is 0 Å². The Bertz CT molecular complexity index is 1140. The molecule has 1 aliphatic heterocycles. The normalized spacial score (nSPS) is 14.7. The molecule has 1 aliphatic rings. The number of rotatable bonds is 4. The first-order valence-corrected chi connectivity index (χ1v) is 9.96. The lowest BCUT2D eigenvalue weighted by Crippen LogP contribution is -2.37. The molecule has 0 amide bonds. The summed E-state index contributed by atoms with van der Waals surface area (Å²) < 4.78 is 40.7. The van der Waals surface area contributed by atoms with Gasteiger partial charge in [-0.15, -0.1) is 0 Å². The maximum atomic E-state index is 12.9. The number of H-pyrrole nitrogens is 1.